The number of carbonyl (C=O) groups excluding carboxylic acids is 3. The van der Waals surface area contributed by atoms with Crippen molar-refractivity contribution in [2.75, 3.05) is 6.54 Å². The van der Waals surface area contributed by atoms with E-state index in [0.717, 1.165) is 11.8 Å². The average molecular weight is 360 g/mol. The summed E-state index contributed by atoms with van der Waals surface area (Å²) >= 11 is 0. The molecule has 0 bridgehead atoms. The van der Waals surface area contributed by atoms with Crippen LogP contribution in [0.15, 0.2) is 30.3 Å². The van der Waals surface area contributed by atoms with Crippen molar-refractivity contribution >= 4 is 18.3 Å². The highest BCUT2D eigenvalue weighted by molar-refractivity contribution is 5.79. The Labute approximate surface area is 154 Å². The molecule has 2 amide bonds. The van der Waals surface area contributed by atoms with Gasteiger partial charge >= 0.3 is 6.09 Å². The molecule has 0 radical (unpaired) electrons. The molecular weight excluding hydrogens is 332 g/mol. The number of nitrogens with one attached hydrogen (secondary N) is 1. The summed E-state index contributed by atoms with van der Waals surface area (Å²) in [6, 6.07) is 9.76. The lowest BCUT2D eigenvalue weighted by atomic mass is 9.82. The lowest BCUT2D eigenvalue weighted by Crippen LogP contribution is -2.53. The van der Waals surface area contributed by atoms with Crippen LogP contribution in [-0.2, 0) is 20.9 Å². The van der Waals surface area contributed by atoms with Crippen molar-refractivity contribution in [3.63, 3.8) is 0 Å². The van der Waals surface area contributed by atoms with Crippen molar-refractivity contribution in [2.24, 2.45) is 5.92 Å². The average Bonchev–Trinajstić information content (AvgIpc) is 2.88. The van der Waals surface area contributed by atoms with Crippen LogP contribution in [-0.4, -0.2) is 40.9 Å². The first kappa shape index (κ1) is 19.9. The lowest BCUT2D eigenvalue weighted by molar-refractivity contribution is -0.128. The van der Waals surface area contributed by atoms with Gasteiger partial charge in [0, 0.05) is 31.8 Å². The van der Waals surface area contributed by atoms with Gasteiger partial charge in [0.2, 0.25) is 5.91 Å². The second-order valence-electron chi connectivity index (χ2n) is 8.08. The van der Waals surface area contributed by atoms with Crippen molar-refractivity contribution in [3.8, 4) is 0 Å². The summed E-state index contributed by atoms with van der Waals surface area (Å²) in [4.78, 5) is 37.6. The number of benzene rings is 1. The summed E-state index contributed by atoms with van der Waals surface area (Å²) < 4.78 is 5.32. The van der Waals surface area contributed by atoms with Gasteiger partial charge in [-0.2, -0.15) is 0 Å². The standard InChI is InChI=1S/C20H28N2O4/c1-19(2,3)26-18(25)21-20(4,10-11-23)16-12-17(24)22(14-16)13-15-8-6-5-7-9-15/h5-9,11,16H,10,12-14H2,1-4H3,(H,21,25). The molecule has 1 aliphatic rings. The van der Waals surface area contributed by atoms with E-state index < -0.39 is 17.2 Å². The van der Waals surface area contributed by atoms with Crippen LogP contribution in [0.3, 0.4) is 0 Å². The van der Waals surface area contributed by atoms with Gasteiger partial charge in [0.05, 0.1) is 5.54 Å². The quantitative estimate of drug-likeness (QED) is 0.792. The number of aldehydes is 1. The molecule has 1 aromatic rings. The molecule has 1 heterocycles. The van der Waals surface area contributed by atoms with Crippen molar-refractivity contribution in [3.05, 3.63) is 35.9 Å². The van der Waals surface area contributed by atoms with Crippen molar-refractivity contribution < 1.29 is 19.1 Å². The van der Waals surface area contributed by atoms with E-state index in [1.54, 1.807) is 32.6 Å². The van der Waals surface area contributed by atoms with E-state index in [2.05, 4.69) is 5.32 Å². The maximum atomic E-state index is 12.4. The number of hydrogen-bond donors (Lipinski definition) is 1. The first-order valence-corrected chi connectivity index (χ1v) is 8.89. The maximum absolute atomic E-state index is 12.4. The number of carbonyl (C=O) groups is 3. The zero-order valence-corrected chi connectivity index (χ0v) is 16.0. The van der Waals surface area contributed by atoms with Gasteiger partial charge in [-0.3, -0.25) is 4.79 Å². The summed E-state index contributed by atoms with van der Waals surface area (Å²) in [5.74, 6) is -0.126. The highest BCUT2D eigenvalue weighted by Gasteiger charge is 2.43. The molecule has 2 rings (SSSR count). The molecule has 0 spiro atoms. The predicted molar refractivity (Wildman–Crippen MR) is 98.4 cm³/mol. The minimum Gasteiger partial charge on any atom is -0.444 e. The minimum atomic E-state index is -0.828. The third-order valence-electron chi connectivity index (χ3n) is 4.63. The molecule has 0 aliphatic carbocycles. The number of likely N-dealkylation sites (tertiary alicyclic amines) is 1. The van der Waals surface area contributed by atoms with Gasteiger partial charge in [-0.05, 0) is 33.3 Å². The molecule has 0 saturated carbocycles. The van der Waals surface area contributed by atoms with Crippen molar-refractivity contribution in [1.29, 1.82) is 0 Å². The Balaban J connectivity index is 2.08. The first-order valence-electron chi connectivity index (χ1n) is 8.89. The molecule has 1 N–H and O–H groups in total. The van der Waals surface area contributed by atoms with Gasteiger partial charge in [-0.1, -0.05) is 30.3 Å². The van der Waals surface area contributed by atoms with Crippen LogP contribution in [0.2, 0.25) is 0 Å². The molecule has 6 nitrogen and oxygen atoms in total. The number of alkyl carbamates (subject to hydrolysis) is 1. The van der Waals surface area contributed by atoms with Crippen LogP contribution in [0.4, 0.5) is 4.79 Å². The van der Waals surface area contributed by atoms with Crippen LogP contribution in [0.25, 0.3) is 0 Å². The van der Waals surface area contributed by atoms with Crippen LogP contribution in [0.5, 0.6) is 0 Å². The second kappa shape index (κ2) is 7.89. The zero-order chi connectivity index (χ0) is 19.4. The number of hydrogen-bond acceptors (Lipinski definition) is 4. The minimum absolute atomic E-state index is 0.0296. The van der Waals surface area contributed by atoms with Gasteiger partial charge in [-0.15, -0.1) is 0 Å². The van der Waals surface area contributed by atoms with Crippen LogP contribution < -0.4 is 5.32 Å². The highest BCUT2D eigenvalue weighted by Crippen LogP contribution is 2.31. The van der Waals surface area contributed by atoms with E-state index in [1.807, 2.05) is 30.3 Å². The van der Waals surface area contributed by atoms with E-state index in [-0.39, 0.29) is 18.2 Å². The topological polar surface area (TPSA) is 75.7 Å². The SMILES string of the molecule is CC(C)(C)OC(=O)NC(C)(CC=O)C1CC(=O)N(Cc2ccccc2)C1. The third-order valence-corrected chi connectivity index (χ3v) is 4.63. The van der Waals surface area contributed by atoms with Gasteiger partial charge < -0.3 is 19.7 Å². The molecule has 2 unspecified atom stereocenters. The first-order chi connectivity index (χ1) is 12.1. The predicted octanol–water partition coefficient (Wildman–Crippen LogP) is 2.91. The Kier molecular flexibility index (Phi) is 6.05. The lowest BCUT2D eigenvalue weighted by Gasteiger charge is -2.35. The summed E-state index contributed by atoms with van der Waals surface area (Å²) in [6.07, 6.45) is 0.633. The van der Waals surface area contributed by atoms with E-state index in [0.29, 0.717) is 19.5 Å². The van der Waals surface area contributed by atoms with Crippen molar-refractivity contribution in [1.82, 2.24) is 10.2 Å². The van der Waals surface area contributed by atoms with Crippen LogP contribution in [0.1, 0.15) is 46.1 Å². The van der Waals surface area contributed by atoms with Gasteiger partial charge in [0.25, 0.3) is 0 Å². The summed E-state index contributed by atoms with van der Waals surface area (Å²) in [5.41, 5.74) is -0.402. The summed E-state index contributed by atoms with van der Waals surface area (Å²) in [5, 5.41) is 2.83. The Morgan fingerprint density at radius 3 is 2.50 bits per heavy atom. The molecule has 2 atom stereocenters. The smallest absolute Gasteiger partial charge is 0.408 e. The molecular formula is C20H28N2O4. The maximum Gasteiger partial charge on any atom is 0.408 e. The fourth-order valence-corrected chi connectivity index (χ4v) is 3.19. The fraction of sp³-hybridized carbons (Fsp3) is 0.550. The molecule has 142 valence electrons. The third kappa shape index (κ3) is 5.31. The Morgan fingerprint density at radius 1 is 1.27 bits per heavy atom. The summed E-state index contributed by atoms with van der Waals surface area (Å²) in [6.45, 7) is 8.17. The molecule has 1 saturated heterocycles. The van der Waals surface area contributed by atoms with Gasteiger partial charge in [0.15, 0.2) is 0 Å². The second-order valence-corrected chi connectivity index (χ2v) is 8.08. The van der Waals surface area contributed by atoms with Crippen LogP contribution >= 0.6 is 0 Å². The number of amides is 2. The Morgan fingerprint density at radius 2 is 1.92 bits per heavy atom. The van der Waals surface area contributed by atoms with Gasteiger partial charge in [-0.25, -0.2) is 4.79 Å². The van der Waals surface area contributed by atoms with Crippen LogP contribution in [0, 0.1) is 5.92 Å². The van der Waals surface area contributed by atoms with Gasteiger partial charge in [0.1, 0.15) is 11.9 Å². The van der Waals surface area contributed by atoms with E-state index in [4.69, 9.17) is 4.74 Å². The van der Waals surface area contributed by atoms with Crippen molar-refractivity contribution in [2.45, 2.75) is 58.2 Å². The zero-order valence-electron chi connectivity index (χ0n) is 16.0. The van der Waals surface area contributed by atoms with E-state index >= 15 is 0 Å². The molecule has 1 aliphatic heterocycles. The molecule has 26 heavy (non-hydrogen) atoms. The molecule has 1 aromatic carbocycles. The Hall–Kier alpha value is -2.37. The molecule has 0 aromatic heterocycles. The fourth-order valence-electron chi connectivity index (χ4n) is 3.19. The van der Waals surface area contributed by atoms with E-state index in [9.17, 15) is 14.4 Å². The Bertz CT molecular complexity index is 654. The molecule has 6 heteroatoms. The largest absolute Gasteiger partial charge is 0.444 e. The number of rotatable bonds is 6. The summed E-state index contributed by atoms with van der Waals surface area (Å²) in [7, 11) is 0. The number of ether oxygens (including phenoxy) is 1. The van der Waals surface area contributed by atoms with E-state index in [1.165, 1.54) is 0 Å². The normalized spacial score (nSPS) is 19.8. The number of nitrogens with zero attached hydrogens (tertiary/aromatic N) is 1. The highest BCUT2D eigenvalue weighted by atomic mass is 16.6. The molecule has 1 fully saturated rings. The monoisotopic (exact) mass is 360 g/mol.